The number of hydrogen-bond donors (Lipinski definition) is 2. The van der Waals surface area contributed by atoms with Gasteiger partial charge in [-0.1, -0.05) is 0 Å². The van der Waals surface area contributed by atoms with E-state index in [1.807, 2.05) is 13.1 Å². The summed E-state index contributed by atoms with van der Waals surface area (Å²) in [6, 6.07) is 2.33. The van der Waals surface area contributed by atoms with Crippen molar-refractivity contribution in [2.45, 2.75) is 12.5 Å². The minimum Gasteiger partial charge on any atom is -0.397 e. The van der Waals surface area contributed by atoms with Gasteiger partial charge < -0.3 is 5.73 Å². The van der Waals surface area contributed by atoms with E-state index in [1.165, 1.54) is 0 Å². The minimum atomic E-state index is 0.355. The number of nitrogens with one attached hydrogen (secondary N) is 1. The summed E-state index contributed by atoms with van der Waals surface area (Å²) in [6.45, 7) is 1.06. The molecule has 0 spiro atoms. The first-order valence-corrected chi connectivity index (χ1v) is 4.44. The molecule has 1 aromatic heterocycles. The zero-order valence-electron chi connectivity index (χ0n) is 7.70. The lowest BCUT2D eigenvalue weighted by molar-refractivity contribution is 0.293. The summed E-state index contributed by atoms with van der Waals surface area (Å²) in [5.74, 6) is 0. The van der Waals surface area contributed by atoms with E-state index in [9.17, 15) is 0 Å². The van der Waals surface area contributed by atoms with Crippen LogP contribution in [0.15, 0.2) is 18.5 Å². The van der Waals surface area contributed by atoms with Crippen molar-refractivity contribution in [2.75, 3.05) is 19.3 Å². The molecule has 1 aromatic rings. The predicted molar refractivity (Wildman–Crippen MR) is 51.8 cm³/mol. The van der Waals surface area contributed by atoms with Crippen LogP contribution in [0.3, 0.4) is 0 Å². The maximum atomic E-state index is 5.82. The van der Waals surface area contributed by atoms with Crippen LogP contribution in [-0.2, 0) is 0 Å². The number of nitrogens with two attached hydrogens (primary N) is 1. The Bertz CT molecular complexity index is 299. The van der Waals surface area contributed by atoms with Gasteiger partial charge in [0.15, 0.2) is 0 Å². The molecule has 0 saturated carbocycles. The summed E-state index contributed by atoms with van der Waals surface area (Å²) >= 11 is 0. The van der Waals surface area contributed by atoms with Gasteiger partial charge in [0, 0.05) is 25.8 Å². The van der Waals surface area contributed by atoms with Crippen LogP contribution in [-0.4, -0.2) is 23.6 Å². The number of anilines is 1. The lowest BCUT2D eigenvalue weighted by Crippen LogP contribution is -2.28. The molecule has 4 heteroatoms. The van der Waals surface area contributed by atoms with Gasteiger partial charge in [0.05, 0.1) is 11.9 Å². The Hall–Kier alpha value is -1.13. The molecule has 0 radical (unpaired) electrons. The summed E-state index contributed by atoms with van der Waals surface area (Å²) in [5, 5.41) is 2.09. The second kappa shape index (κ2) is 3.32. The first-order chi connectivity index (χ1) is 6.27. The molecule has 3 N–H and O–H groups in total. The highest BCUT2D eigenvalue weighted by molar-refractivity contribution is 5.45. The van der Waals surface area contributed by atoms with Gasteiger partial charge in [0.2, 0.25) is 0 Å². The van der Waals surface area contributed by atoms with Gasteiger partial charge in [-0.25, -0.2) is 10.4 Å². The normalized spacial score (nSPS) is 23.6. The Labute approximate surface area is 77.7 Å². The van der Waals surface area contributed by atoms with E-state index in [1.54, 1.807) is 12.4 Å². The number of nitrogen functional groups attached to an aromatic ring is 1. The van der Waals surface area contributed by atoms with E-state index in [-0.39, 0.29) is 0 Å². The number of rotatable bonds is 1. The van der Waals surface area contributed by atoms with Gasteiger partial charge in [0.25, 0.3) is 0 Å². The van der Waals surface area contributed by atoms with Crippen LogP contribution in [0, 0.1) is 0 Å². The molecule has 4 nitrogen and oxygen atoms in total. The van der Waals surface area contributed by atoms with Crippen molar-refractivity contribution < 1.29 is 0 Å². The topological polar surface area (TPSA) is 54.2 Å². The van der Waals surface area contributed by atoms with Gasteiger partial charge in [0.1, 0.15) is 0 Å². The molecular formula is C9H14N4. The van der Waals surface area contributed by atoms with Gasteiger partial charge in [-0.15, -0.1) is 0 Å². The van der Waals surface area contributed by atoms with E-state index in [4.69, 9.17) is 5.73 Å². The highest BCUT2D eigenvalue weighted by atomic mass is 15.5. The molecule has 1 saturated heterocycles. The zero-order valence-corrected chi connectivity index (χ0v) is 7.70. The van der Waals surface area contributed by atoms with Crippen LogP contribution in [0.2, 0.25) is 0 Å². The van der Waals surface area contributed by atoms with E-state index in [2.05, 4.69) is 15.4 Å². The fourth-order valence-electron chi connectivity index (χ4n) is 1.68. The molecule has 1 unspecified atom stereocenters. The SMILES string of the molecule is CN1CCC(c2ccncc2N)N1. The maximum Gasteiger partial charge on any atom is 0.0549 e. The van der Waals surface area contributed by atoms with Crippen molar-refractivity contribution in [1.29, 1.82) is 0 Å². The number of aromatic nitrogens is 1. The lowest BCUT2D eigenvalue weighted by Gasteiger charge is -2.14. The van der Waals surface area contributed by atoms with Crippen LogP contribution in [0.4, 0.5) is 5.69 Å². The molecule has 0 aromatic carbocycles. The van der Waals surface area contributed by atoms with Crippen molar-refractivity contribution >= 4 is 5.69 Å². The van der Waals surface area contributed by atoms with Crippen LogP contribution >= 0.6 is 0 Å². The Morgan fingerprint density at radius 1 is 1.69 bits per heavy atom. The third-order valence-electron chi connectivity index (χ3n) is 2.39. The Kier molecular flexibility index (Phi) is 2.16. The molecule has 1 atom stereocenters. The molecule has 0 amide bonds. The van der Waals surface area contributed by atoms with Gasteiger partial charge >= 0.3 is 0 Å². The number of hydrazine groups is 1. The molecule has 0 aliphatic carbocycles. The quantitative estimate of drug-likeness (QED) is 0.659. The largest absolute Gasteiger partial charge is 0.397 e. The average molecular weight is 178 g/mol. The minimum absolute atomic E-state index is 0.355. The fourth-order valence-corrected chi connectivity index (χ4v) is 1.68. The van der Waals surface area contributed by atoms with E-state index >= 15 is 0 Å². The number of hydrogen-bond acceptors (Lipinski definition) is 4. The third-order valence-corrected chi connectivity index (χ3v) is 2.39. The zero-order chi connectivity index (χ0) is 9.26. The second-order valence-electron chi connectivity index (χ2n) is 3.40. The molecule has 0 bridgehead atoms. The molecule has 2 rings (SSSR count). The molecule has 1 aliphatic rings. The molecule has 13 heavy (non-hydrogen) atoms. The fraction of sp³-hybridized carbons (Fsp3) is 0.444. The number of pyridine rings is 1. The van der Waals surface area contributed by atoms with Gasteiger partial charge in [-0.3, -0.25) is 4.98 Å². The Balaban J connectivity index is 2.21. The molecule has 1 aliphatic heterocycles. The standard InChI is InChI=1S/C9H14N4/c1-13-5-3-9(12-13)7-2-4-11-6-8(7)10/h2,4,6,9,12H,3,5,10H2,1H3. The second-order valence-corrected chi connectivity index (χ2v) is 3.40. The maximum absolute atomic E-state index is 5.82. The number of nitrogens with zero attached hydrogens (tertiary/aromatic N) is 2. The van der Waals surface area contributed by atoms with Crippen LogP contribution in [0.5, 0.6) is 0 Å². The molecule has 2 heterocycles. The van der Waals surface area contributed by atoms with Crippen molar-refractivity contribution in [2.24, 2.45) is 0 Å². The van der Waals surface area contributed by atoms with Crippen molar-refractivity contribution in [3.05, 3.63) is 24.0 Å². The van der Waals surface area contributed by atoms with E-state index < -0.39 is 0 Å². The third kappa shape index (κ3) is 1.64. The van der Waals surface area contributed by atoms with Crippen molar-refractivity contribution in [3.63, 3.8) is 0 Å². The highest BCUT2D eigenvalue weighted by Crippen LogP contribution is 2.25. The molecular weight excluding hydrogens is 164 g/mol. The average Bonchev–Trinajstić information content (AvgIpc) is 2.53. The lowest BCUT2D eigenvalue weighted by atomic mass is 10.1. The Morgan fingerprint density at radius 3 is 3.15 bits per heavy atom. The van der Waals surface area contributed by atoms with E-state index in [0.717, 1.165) is 24.2 Å². The summed E-state index contributed by atoms with van der Waals surface area (Å²) in [6.07, 6.45) is 4.59. The first-order valence-electron chi connectivity index (χ1n) is 4.44. The predicted octanol–water partition coefficient (Wildman–Crippen LogP) is 0.545. The van der Waals surface area contributed by atoms with Crippen molar-refractivity contribution in [1.82, 2.24) is 15.4 Å². The Morgan fingerprint density at radius 2 is 2.54 bits per heavy atom. The van der Waals surface area contributed by atoms with Crippen LogP contribution < -0.4 is 11.2 Å². The van der Waals surface area contributed by atoms with Gasteiger partial charge in [-0.2, -0.15) is 0 Å². The molecule has 70 valence electrons. The summed E-state index contributed by atoms with van der Waals surface area (Å²) in [7, 11) is 2.04. The summed E-state index contributed by atoms with van der Waals surface area (Å²) in [4.78, 5) is 3.97. The van der Waals surface area contributed by atoms with Crippen LogP contribution in [0.1, 0.15) is 18.0 Å². The van der Waals surface area contributed by atoms with Crippen LogP contribution in [0.25, 0.3) is 0 Å². The van der Waals surface area contributed by atoms with Gasteiger partial charge in [-0.05, 0) is 18.1 Å². The van der Waals surface area contributed by atoms with E-state index in [0.29, 0.717) is 6.04 Å². The smallest absolute Gasteiger partial charge is 0.0549 e. The molecule has 1 fully saturated rings. The monoisotopic (exact) mass is 178 g/mol. The summed E-state index contributed by atoms with van der Waals surface area (Å²) in [5.41, 5.74) is 11.1. The highest BCUT2D eigenvalue weighted by Gasteiger charge is 2.21. The first kappa shape index (κ1) is 8.47. The summed E-state index contributed by atoms with van der Waals surface area (Å²) < 4.78 is 0. The van der Waals surface area contributed by atoms with Crippen molar-refractivity contribution in [3.8, 4) is 0 Å².